The van der Waals surface area contributed by atoms with E-state index >= 15 is 0 Å². The molecule has 2 heterocycles. The van der Waals surface area contributed by atoms with Crippen LogP contribution in [0.3, 0.4) is 0 Å². The predicted molar refractivity (Wildman–Crippen MR) is 127 cm³/mol. The topological polar surface area (TPSA) is 101 Å². The van der Waals surface area contributed by atoms with Crippen molar-refractivity contribution in [1.82, 2.24) is 9.88 Å². The van der Waals surface area contributed by atoms with Gasteiger partial charge in [-0.3, -0.25) is 14.9 Å². The normalized spacial score (nSPS) is 16.1. The SMILES string of the molecule is Cc1cc(NC(=O)C(=O)N2CCCC[C@H]2c2cc(F)cc(Cl)c2)cnc1NC(=O)OC(C)(C)C. The van der Waals surface area contributed by atoms with Crippen LogP contribution in [0, 0.1) is 12.7 Å². The van der Waals surface area contributed by atoms with Gasteiger partial charge in [-0.2, -0.15) is 0 Å². The molecule has 2 aromatic rings. The Labute approximate surface area is 202 Å². The van der Waals surface area contributed by atoms with Gasteiger partial charge in [0, 0.05) is 11.6 Å². The van der Waals surface area contributed by atoms with Crippen molar-refractivity contribution in [2.75, 3.05) is 17.2 Å². The number of benzene rings is 1. The lowest BCUT2D eigenvalue weighted by Crippen LogP contribution is -2.44. The second-order valence-electron chi connectivity index (χ2n) is 9.18. The number of likely N-dealkylation sites (tertiary alicyclic amines) is 1. The highest BCUT2D eigenvalue weighted by molar-refractivity contribution is 6.39. The van der Waals surface area contributed by atoms with Crippen LogP contribution in [-0.2, 0) is 14.3 Å². The molecule has 0 unspecified atom stereocenters. The summed E-state index contributed by atoms with van der Waals surface area (Å²) in [5.74, 6) is -1.77. The number of nitrogens with one attached hydrogen (secondary N) is 2. The number of hydrogen-bond acceptors (Lipinski definition) is 5. The molecule has 1 aromatic carbocycles. The maximum absolute atomic E-state index is 13.9. The maximum atomic E-state index is 13.9. The molecular weight excluding hydrogens is 463 g/mol. The van der Waals surface area contributed by atoms with Crippen molar-refractivity contribution in [3.8, 4) is 0 Å². The molecule has 2 N–H and O–H groups in total. The summed E-state index contributed by atoms with van der Waals surface area (Å²) < 4.78 is 19.1. The van der Waals surface area contributed by atoms with Gasteiger partial charge in [-0.15, -0.1) is 0 Å². The molecule has 3 amide bonds. The van der Waals surface area contributed by atoms with E-state index in [0.717, 1.165) is 12.8 Å². The molecule has 1 aliphatic rings. The van der Waals surface area contributed by atoms with Crippen LogP contribution in [0.4, 0.5) is 20.7 Å². The van der Waals surface area contributed by atoms with E-state index < -0.39 is 35.4 Å². The molecule has 0 saturated carbocycles. The number of rotatable bonds is 3. The largest absolute Gasteiger partial charge is 0.444 e. The molecule has 34 heavy (non-hydrogen) atoms. The zero-order valence-corrected chi connectivity index (χ0v) is 20.3. The minimum Gasteiger partial charge on any atom is -0.444 e. The lowest BCUT2D eigenvalue weighted by molar-refractivity contribution is -0.145. The Hall–Kier alpha value is -3.20. The number of pyridine rings is 1. The Morgan fingerprint density at radius 3 is 2.53 bits per heavy atom. The van der Waals surface area contributed by atoms with Crippen LogP contribution in [0.5, 0.6) is 0 Å². The molecule has 1 aliphatic heterocycles. The average Bonchev–Trinajstić information content (AvgIpc) is 2.73. The molecule has 8 nitrogen and oxygen atoms in total. The Kier molecular flexibility index (Phi) is 7.76. The van der Waals surface area contributed by atoms with E-state index in [1.807, 2.05) is 0 Å². The Balaban J connectivity index is 1.70. The van der Waals surface area contributed by atoms with E-state index in [9.17, 15) is 18.8 Å². The second-order valence-corrected chi connectivity index (χ2v) is 9.62. The van der Waals surface area contributed by atoms with Gasteiger partial charge in [0.1, 0.15) is 17.2 Å². The summed E-state index contributed by atoms with van der Waals surface area (Å²) >= 11 is 5.99. The van der Waals surface area contributed by atoms with Gasteiger partial charge >= 0.3 is 17.9 Å². The molecule has 10 heteroatoms. The second kappa shape index (κ2) is 10.4. The Morgan fingerprint density at radius 2 is 1.88 bits per heavy atom. The van der Waals surface area contributed by atoms with Crippen molar-refractivity contribution in [3.05, 3.63) is 52.4 Å². The van der Waals surface area contributed by atoms with Crippen molar-refractivity contribution in [1.29, 1.82) is 0 Å². The summed E-state index contributed by atoms with van der Waals surface area (Å²) in [6, 6.07) is 5.29. The number of carbonyl (C=O) groups excluding carboxylic acids is 3. The van der Waals surface area contributed by atoms with Crippen LogP contribution >= 0.6 is 11.6 Å². The number of hydrogen-bond donors (Lipinski definition) is 2. The number of piperidine rings is 1. The van der Waals surface area contributed by atoms with Crippen LogP contribution in [0.1, 0.15) is 57.2 Å². The van der Waals surface area contributed by atoms with Gasteiger partial charge in [0.2, 0.25) is 0 Å². The molecule has 0 radical (unpaired) electrons. The lowest BCUT2D eigenvalue weighted by atomic mass is 9.95. The lowest BCUT2D eigenvalue weighted by Gasteiger charge is -2.35. The van der Waals surface area contributed by atoms with Gasteiger partial charge in [-0.25, -0.2) is 14.2 Å². The zero-order valence-electron chi connectivity index (χ0n) is 19.6. The molecule has 1 saturated heterocycles. The minimum absolute atomic E-state index is 0.235. The van der Waals surface area contributed by atoms with Crippen LogP contribution in [0.2, 0.25) is 5.02 Å². The standard InChI is InChI=1S/C24H28ClFN4O4/c1-14-9-18(13-27-20(14)29-23(33)34-24(2,3)4)28-21(31)22(32)30-8-6-5-7-19(30)15-10-16(25)12-17(26)11-15/h9-13,19H,5-8H2,1-4H3,(H,28,31)(H,27,29,33)/t19-/m0/s1. The summed E-state index contributed by atoms with van der Waals surface area (Å²) in [6.07, 6.45) is 2.88. The quantitative estimate of drug-likeness (QED) is 0.574. The smallest absolute Gasteiger partial charge is 0.413 e. The number of ether oxygens (including phenoxy) is 1. The van der Waals surface area contributed by atoms with E-state index in [2.05, 4.69) is 15.6 Å². The van der Waals surface area contributed by atoms with E-state index in [-0.39, 0.29) is 10.8 Å². The van der Waals surface area contributed by atoms with Crippen molar-refractivity contribution < 1.29 is 23.5 Å². The molecule has 3 rings (SSSR count). The van der Waals surface area contributed by atoms with Crippen molar-refractivity contribution >= 4 is 41.0 Å². The van der Waals surface area contributed by atoms with E-state index in [1.54, 1.807) is 39.8 Å². The monoisotopic (exact) mass is 490 g/mol. The first-order chi connectivity index (χ1) is 15.9. The molecule has 1 aromatic heterocycles. The first-order valence-corrected chi connectivity index (χ1v) is 11.4. The van der Waals surface area contributed by atoms with Gasteiger partial charge in [0.25, 0.3) is 0 Å². The molecule has 0 aliphatic carbocycles. The number of carbonyl (C=O) groups is 3. The fraction of sp³-hybridized carbons (Fsp3) is 0.417. The van der Waals surface area contributed by atoms with E-state index in [0.29, 0.717) is 29.8 Å². The first-order valence-electron chi connectivity index (χ1n) is 11.0. The Morgan fingerprint density at radius 1 is 1.15 bits per heavy atom. The van der Waals surface area contributed by atoms with Crippen LogP contribution < -0.4 is 10.6 Å². The fourth-order valence-corrected chi connectivity index (χ4v) is 4.01. The highest BCUT2D eigenvalue weighted by Gasteiger charge is 2.32. The van der Waals surface area contributed by atoms with Gasteiger partial charge in [-0.05, 0) is 82.3 Å². The summed E-state index contributed by atoms with van der Waals surface area (Å²) in [4.78, 5) is 43.3. The van der Waals surface area contributed by atoms with Crippen LogP contribution in [0.25, 0.3) is 0 Å². The van der Waals surface area contributed by atoms with E-state index in [1.165, 1.54) is 23.2 Å². The minimum atomic E-state index is -0.830. The molecule has 0 bridgehead atoms. The van der Waals surface area contributed by atoms with Gasteiger partial charge < -0.3 is 15.0 Å². The summed E-state index contributed by atoms with van der Waals surface area (Å²) in [6.45, 7) is 7.32. The number of amides is 3. The molecular formula is C24H28ClFN4O4. The number of halogens is 2. The number of aryl methyl sites for hydroxylation is 1. The molecule has 1 fully saturated rings. The number of aromatic nitrogens is 1. The van der Waals surface area contributed by atoms with Crippen molar-refractivity contribution in [3.63, 3.8) is 0 Å². The third-order valence-corrected chi connectivity index (χ3v) is 5.40. The zero-order chi connectivity index (χ0) is 25.0. The third-order valence-electron chi connectivity index (χ3n) is 5.18. The van der Waals surface area contributed by atoms with Crippen molar-refractivity contribution in [2.24, 2.45) is 0 Å². The summed E-state index contributed by atoms with van der Waals surface area (Å²) in [5.41, 5.74) is 0.769. The van der Waals surface area contributed by atoms with Crippen LogP contribution in [0.15, 0.2) is 30.5 Å². The summed E-state index contributed by atoms with van der Waals surface area (Å²) in [7, 11) is 0. The van der Waals surface area contributed by atoms with E-state index in [4.69, 9.17) is 16.3 Å². The number of anilines is 2. The summed E-state index contributed by atoms with van der Waals surface area (Å²) in [5, 5.41) is 5.35. The van der Waals surface area contributed by atoms with Crippen LogP contribution in [-0.4, -0.2) is 39.9 Å². The first kappa shape index (κ1) is 25.4. The fourth-order valence-electron chi connectivity index (χ4n) is 3.78. The van der Waals surface area contributed by atoms with Gasteiger partial charge in [0.05, 0.1) is 17.9 Å². The third kappa shape index (κ3) is 6.66. The number of nitrogens with zero attached hydrogens (tertiary/aromatic N) is 2. The van der Waals surface area contributed by atoms with Gasteiger partial charge in [-0.1, -0.05) is 11.6 Å². The van der Waals surface area contributed by atoms with Gasteiger partial charge in [0.15, 0.2) is 0 Å². The van der Waals surface area contributed by atoms with Crippen molar-refractivity contribution in [2.45, 2.75) is 58.6 Å². The highest BCUT2D eigenvalue weighted by Crippen LogP contribution is 2.33. The molecule has 182 valence electrons. The average molecular weight is 491 g/mol. The highest BCUT2D eigenvalue weighted by atomic mass is 35.5. The maximum Gasteiger partial charge on any atom is 0.413 e. The molecule has 1 atom stereocenters. The Bertz CT molecular complexity index is 1080. The predicted octanol–water partition coefficient (Wildman–Crippen LogP) is 5.22. The molecule has 0 spiro atoms.